The summed E-state index contributed by atoms with van der Waals surface area (Å²) in [7, 11) is 1.81. The first-order valence-electron chi connectivity index (χ1n) is 8.37. The Kier molecular flexibility index (Phi) is 4.67. The Labute approximate surface area is 150 Å². The maximum atomic E-state index is 13.7. The van der Waals surface area contributed by atoms with Crippen molar-refractivity contribution in [2.24, 2.45) is 7.05 Å². The second-order valence-electron chi connectivity index (χ2n) is 7.02. The van der Waals surface area contributed by atoms with E-state index in [2.05, 4.69) is 15.4 Å². The van der Waals surface area contributed by atoms with Gasteiger partial charge in [-0.1, -0.05) is 0 Å². The molecule has 0 unspecified atom stereocenters. The standard InChI is InChI=1S/C18H22FN5O2/c1-18(2,3)26-17(25)20-9-7-15-21-13-6-5-12(19)11-14(13)24(15)16-8-10-23(4)22-16/h5-6,8,10-11H,7,9H2,1-4H3,(H,20,25). The molecule has 3 rings (SSSR count). The fourth-order valence-corrected chi connectivity index (χ4v) is 2.63. The molecule has 0 saturated heterocycles. The molecule has 1 aromatic carbocycles. The first-order valence-corrected chi connectivity index (χ1v) is 8.37. The van der Waals surface area contributed by atoms with E-state index in [1.807, 2.05) is 40.1 Å². The van der Waals surface area contributed by atoms with E-state index >= 15 is 0 Å². The number of carbonyl (C=O) groups excluding carboxylic acids is 1. The van der Waals surface area contributed by atoms with Gasteiger partial charge in [0.1, 0.15) is 17.2 Å². The Morgan fingerprint density at radius 1 is 1.31 bits per heavy atom. The molecule has 3 aromatic rings. The van der Waals surface area contributed by atoms with Gasteiger partial charge in [0.15, 0.2) is 5.82 Å². The van der Waals surface area contributed by atoms with Crippen molar-refractivity contribution in [1.29, 1.82) is 0 Å². The lowest BCUT2D eigenvalue weighted by Gasteiger charge is -2.19. The number of rotatable bonds is 4. The number of halogens is 1. The second-order valence-corrected chi connectivity index (χ2v) is 7.02. The van der Waals surface area contributed by atoms with Crippen LogP contribution in [-0.4, -0.2) is 37.6 Å². The fourth-order valence-electron chi connectivity index (χ4n) is 2.63. The zero-order chi connectivity index (χ0) is 18.9. The molecular weight excluding hydrogens is 337 g/mol. The van der Waals surface area contributed by atoms with Crippen molar-refractivity contribution >= 4 is 17.1 Å². The van der Waals surface area contributed by atoms with Crippen LogP contribution in [0, 0.1) is 5.82 Å². The van der Waals surface area contributed by atoms with Crippen LogP contribution in [0.5, 0.6) is 0 Å². The second kappa shape index (κ2) is 6.78. The van der Waals surface area contributed by atoms with E-state index in [1.54, 1.807) is 15.3 Å². The van der Waals surface area contributed by atoms with Crippen LogP contribution in [0.1, 0.15) is 26.6 Å². The Balaban J connectivity index is 1.85. The molecule has 0 bridgehead atoms. The first-order chi connectivity index (χ1) is 12.2. The van der Waals surface area contributed by atoms with E-state index in [0.29, 0.717) is 35.6 Å². The fraction of sp³-hybridized carbons (Fsp3) is 0.389. The lowest BCUT2D eigenvalue weighted by Crippen LogP contribution is -2.33. The van der Waals surface area contributed by atoms with Crippen LogP contribution in [0.3, 0.4) is 0 Å². The highest BCUT2D eigenvalue weighted by atomic mass is 19.1. The summed E-state index contributed by atoms with van der Waals surface area (Å²) in [4.78, 5) is 16.4. The third-order valence-corrected chi connectivity index (χ3v) is 3.63. The third-order valence-electron chi connectivity index (χ3n) is 3.63. The molecule has 0 saturated carbocycles. The van der Waals surface area contributed by atoms with Crippen LogP contribution in [0.25, 0.3) is 16.9 Å². The first kappa shape index (κ1) is 17.9. The highest BCUT2D eigenvalue weighted by Gasteiger charge is 2.17. The molecule has 7 nitrogen and oxygen atoms in total. The van der Waals surface area contributed by atoms with Gasteiger partial charge in [0.25, 0.3) is 0 Å². The van der Waals surface area contributed by atoms with Gasteiger partial charge in [-0.05, 0) is 32.9 Å². The number of benzene rings is 1. The summed E-state index contributed by atoms with van der Waals surface area (Å²) in [6.45, 7) is 5.76. The molecule has 0 aliphatic heterocycles. The Morgan fingerprint density at radius 2 is 2.08 bits per heavy atom. The molecule has 2 heterocycles. The van der Waals surface area contributed by atoms with E-state index in [4.69, 9.17) is 4.74 Å². The van der Waals surface area contributed by atoms with Gasteiger partial charge >= 0.3 is 6.09 Å². The van der Waals surface area contributed by atoms with E-state index < -0.39 is 11.7 Å². The largest absolute Gasteiger partial charge is 0.444 e. The number of alkyl carbamates (subject to hydrolysis) is 1. The monoisotopic (exact) mass is 359 g/mol. The number of hydrogen-bond donors (Lipinski definition) is 1. The Hall–Kier alpha value is -2.90. The number of nitrogens with zero attached hydrogens (tertiary/aromatic N) is 4. The molecule has 0 radical (unpaired) electrons. The highest BCUT2D eigenvalue weighted by molar-refractivity contribution is 5.78. The van der Waals surface area contributed by atoms with Gasteiger partial charge in [-0.25, -0.2) is 14.2 Å². The normalized spacial score (nSPS) is 11.7. The van der Waals surface area contributed by atoms with Crippen molar-refractivity contribution in [2.45, 2.75) is 32.8 Å². The number of imidazole rings is 1. The zero-order valence-electron chi connectivity index (χ0n) is 15.3. The van der Waals surface area contributed by atoms with Crippen LogP contribution in [0.4, 0.5) is 9.18 Å². The minimum Gasteiger partial charge on any atom is -0.444 e. The molecule has 0 aliphatic rings. The summed E-state index contributed by atoms with van der Waals surface area (Å²) >= 11 is 0. The van der Waals surface area contributed by atoms with E-state index in [9.17, 15) is 9.18 Å². The molecule has 1 amide bonds. The van der Waals surface area contributed by atoms with Crippen LogP contribution in [0.15, 0.2) is 30.5 Å². The summed E-state index contributed by atoms with van der Waals surface area (Å²) in [5.74, 6) is 0.987. The molecular formula is C18H22FN5O2. The molecule has 0 spiro atoms. The quantitative estimate of drug-likeness (QED) is 0.777. The number of ether oxygens (including phenoxy) is 1. The van der Waals surface area contributed by atoms with Crippen molar-refractivity contribution in [3.05, 3.63) is 42.1 Å². The summed E-state index contributed by atoms with van der Waals surface area (Å²) in [5, 5.41) is 7.10. The predicted octanol–water partition coefficient (Wildman–Crippen LogP) is 2.97. The molecule has 138 valence electrons. The third kappa shape index (κ3) is 4.01. The van der Waals surface area contributed by atoms with Gasteiger partial charge in [0, 0.05) is 38.3 Å². The van der Waals surface area contributed by atoms with Crippen LogP contribution in [-0.2, 0) is 18.2 Å². The summed E-state index contributed by atoms with van der Waals surface area (Å²) in [6.07, 6.45) is 1.78. The van der Waals surface area contributed by atoms with Crippen LogP contribution >= 0.6 is 0 Å². The van der Waals surface area contributed by atoms with Crippen molar-refractivity contribution in [3.63, 3.8) is 0 Å². The zero-order valence-corrected chi connectivity index (χ0v) is 15.3. The smallest absolute Gasteiger partial charge is 0.407 e. The molecule has 0 aliphatic carbocycles. The molecule has 0 fully saturated rings. The molecule has 8 heteroatoms. The number of nitrogens with one attached hydrogen (secondary N) is 1. The predicted molar refractivity (Wildman–Crippen MR) is 95.7 cm³/mol. The SMILES string of the molecule is Cn1ccc(-n2c(CCNC(=O)OC(C)(C)C)nc3ccc(F)cc32)n1. The van der Waals surface area contributed by atoms with Crippen molar-refractivity contribution in [2.75, 3.05) is 6.54 Å². The minimum atomic E-state index is -0.553. The van der Waals surface area contributed by atoms with Crippen LogP contribution in [0.2, 0.25) is 0 Å². The van der Waals surface area contributed by atoms with Gasteiger partial charge in [-0.15, -0.1) is 0 Å². The van der Waals surface area contributed by atoms with Gasteiger partial charge in [-0.2, -0.15) is 5.10 Å². The number of fused-ring (bicyclic) bond motifs is 1. The van der Waals surface area contributed by atoms with E-state index in [1.165, 1.54) is 12.1 Å². The van der Waals surface area contributed by atoms with Crippen molar-refractivity contribution in [1.82, 2.24) is 24.6 Å². The summed E-state index contributed by atoms with van der Waals surface area (Å²) in [5.41, 5.74) is 0.753. The molecule has 2 aromatic heterocycles. The van der Waals surface area contributed by atoms with Crippen molar-refractivity contribution in [3.8, 4) is 5.82 Å². The maximum absolute atomic E-state index is 13.7. The lowest BCUT2D eigenvalue weighted by molar-refractivity contribution is 0.0528. The summed E-state index contributed by atoms with van der Waals surface area (Å²) in [6, 6.07) is 6.27. The lowest BCUT2D eigenvalue weighted by atomic mass is 10.2. The Morgan fingerprint density at radius 3 is 2.73 bits per heavy atom. The number of hydrogen-bond acceptors (Lipinski definition) is 4. The van der Waals surface area contributed by atoms with E-state index in [0.717, 1.165) is 0 Å². The molecule has 0 atom stereocenters. The average molecular weight is 359 g/mol. The number of carbonyl (C=O) groups is 1. The van der Waals surface area contributed by atoms with Gasteiger partial charge in [-0.3, -0.25) is 9.25 Å². The molecule has 26 heavy (non-hydrogen) atoms. The average Bonchev–Trinajstić information content (AvgIpc) is 3.08. The maximum Gasteiger partial charge on any atom is 0.407 e. The van der Waals surface area contributed by atoms with E-state index in [-0.39, 0.29) is 5.82 Å². The highest BCUT2D eigenvalue weighted by Crippen LogP contribution is 2.22. The molecule has 1 N–H and O–H groups in total. The minimum absolute atomic E-state index is 0.340. The van der Waals surface area contributed by atoms with Gasteiger partial charge in [0.05, 0.1) is 11.0 Å². The van der Waals surface area contributed by atoms with Gasteiger partial charge < -0.3 is 10.1 Å². The van der Waals surface area contributed by atoms with Gasteiger partial charge in [0.2, 0.25) is 0 Å². The number of aromatic nitrogens is 4. The number of amides is 1. The summed E-state index contributed by atoms with van der Waals surface area (Å²) < 4.78 is 22.4. The van der Waals surface area contributed by atoms with Crippen molar-refractivity contribution < 1.29 is 13.9 Å². The topological polar surface area (TPSA) is 74.0 Å². The number of aryl methyl sites for hydroxylation is 1. The van der Waals surface area contributed by atoms with Crippen LogP contribution < -0.4 is 5.32 Å². The Bertz CT molecular complexity index is 939.